The van der Waals surface area contributed by atoms with Gasteiger partial charge in [0.2, 0.25) is 0 Å². The highest BCUT2D eigenvalue weighted by Gasteiger charge is 2.22. The van der Waals surface area contributed by atoms with Crippen LogP contribution >= 0.6 is 0 Å². The number of hydrogen-bond acceptors (Lipinski definition) is 8. The lowest BCUT2D eigenvalue weighted by atomic mass is 10.0. The molecule has 9 nitrogen and oxygen atoms in total. The Bertz CT molecular complexity index is 2290. The van der Waals surface area contributed by atoms with Crippen LogP contribution in [0.2, 0.25) is 0 Å². The second-order valence-corrected chi connectivity index (χ2v) is 27.2. The Labute approximate surface area is 609 Å². The van der Waals surface area contributed by atoms with Crippen LogP contribution in [0.15, 0.2) is 182 Å². The molecule has 0 heterocycles. The van der Waals surface area contributed by atoms with Crippen molar-refractivity contribution in [3.05, 3.63) is 182 Å². The highest BCUT2D eigenvalue weighted by molar-refractivity contribution is 5.70. The minimum atomic E-state index is -1.64. The molecule has 560 valence electrons. The van der Waals surface area contributed by atoms with E-state index in [1.807, 2.05) is 21.1 Å². The summed E-state index contributed by atoms with van der Waals surface area (Å²) in [6.07, 6.45) is 116. The summed E-state index contributed by atoms with van der Waals surface area (Å²) in [6, 6.07) is 0. The zero-order valence-electron chi connectivity index (χ0n) is 64.0. The van der Waals surface area contributed by atoms with Crippen LogP contribution in [0, 0.1) is 0 Å². The van der Waals surface area contributed by atoms with Gasteiger partial charge in [0.05, 0.1) is 40.3 Å². The van der Waals surface area contributed by atoms with Gasteiger partial charge < -0.3 is 33.3 Å². The maximum absolute atomic E-state index is 13.0. The molecule has 0 saturated carbocycles. The summed E-state index contributed by atoms with van der Waals surface area (Å²) in [5.74, 6) is -2.33. The summed E-state index contributed by atoms with van der Waals surface area (Å²) < 4.78 is 22.8. The molecule has 9 heteroatoms. The molecule has 99 heavy (non-hydrogen) atoms. The monoisotopic (exact) mass is 1370 g/mol. The van der Waals surface area contributed by atoms with Crippen LogP contribution in [0.4, 0.5) is 0 Å². The largest absolute Gasteiger partial charge is 0.545 e. The van der Waals surface area contributed by atoms with Crippen LogP contribution < -0.4 is 5.11 Å². The molecule has 0 fully saturated rings. The summed E-state index contributed by atoms with van der Waals surface area (Å²) in [6.45, 7) is 4.49. The molecule has 0 bridgehead atoms. The first-order valence-electron chi connectivity index (χ1n) is 39.9. The predicted molar refractivity (Wildman–Crippen MR) is 425 cm³/mol. The quantitative estimate of drug-likeness (QED) is 0.0195. The standard InChI is InChI=1S/C90H147NO8/c1-6-8-10-12-14-16-18-20-22-24-26-28-30-32-34-36-38-40-42-44-46-48-50-52-54-56-58-60-62-64-66-68-70-72-74-76-78-80-87(92)97-84-86(85-98-90(89(94)95)96-83-82-91(3,4)5)99-88(93)81-79-77-75-73-71-69-67-65-63-61-59-57-55-53-51-49-47-45-43-41-39-37-35-33-31-29-27-25-23-21-19-17-15-13-11-9-7-2/h8-11,14-17,20-23,26-29,33,35,39,41,45,47,51,53,57,59,63,65,69,71,86,90H,6-7,12-13,18-19,24-25,30-32,34,36-38,40,42-44,46,48-50,52,54-56,58,60-62,64,66-68,70,72-85H2,1-5H3/b10-8-,11-9-,16-14-,17-15-,22-20-,23-21-,28-26-,29-27-,35-33-,41-39-,47-45-,53-51-,59-57-,65-63-,71-69-. The van der Waals surface area contributed by atoms with Gasteiger partial charge in [-0.2, -0.15) is 0 Å². The van der Waals surface area contributed by atoms with Crippen LogP contribution in [0.25, 0.3) is 0 Å². The number of allylic oxidation sites excluding steroid dienone is 30. The van der Waals surface area contributed by atoms with E-state index in [0.29, 0.717) is 17.4 Å². The smallest absolute Gasteiger partial charge is 0.306 e. The van der Waals surface area contributed by atoms with Crippen molar-refractivity contribution < 1.29 is 42.9 Å². The number of likely N-dealkylation sites (N-methyl/N-ethyl adjacent to an activating group) is 1. The zero-order chi connectivity index (χ0) is 71.8. The molecule has 0 amide bonds. The number of rotatable bonds is 72. The normalized spacial score (nSPS) is 13.7. The molecule has 0 aliphatic carbocycles. The van der Waals surface area contributed by atoms with Gasteiger partial charge in [0.25, 0.3) is 0 Å². The molecule has 0 aromatic carbocycles. The Morgan fingerprint density at radius 1 is 0.303 bits per heavy atom. The van der Waals surface area contributed by atoms with Gasteiger partial charge in [-0.15, -0.1) is 0 Å². The predicted octanol–water partition coefficient (Wildman–Crippen LogP) is 24.6. The van der Waals surface area contributed by atoms with Crippen molar-refractivity contribution in [1.29, 1.82) is 0 Å². The summed E-state index contributed by atoms with van der Waals surface area (Å²) in [7, 11) is 5.92. The molecule has 0 aromatic heterocycles. The van der Waals surface area contributed by atoms with Crippen LogP contribution in [0.3, 0.4) is 0 Å². The summed E-state index contributed by atoms with van der Waals surface area (Å²) in [5, 5.41) is 11.9. The molecule has 0 aromatic rings. The average Bonchev–Trinajstić information content (AvgIpc) is 2.19. The van der Waals surface area contributed by atoms with Gasteiger partial charge in [0.1, 0.15) is 13.2 Å². The number of ether oxygens (including phenoxy) is 4. The van der Waals surface area contributed by atoms with Crippen LogP contribution in [0.1, 0.15) is 309 Å². The number of esters is 2. The van der Waals surface area contributed by atoms with Crippen molar-refractivity contribution in [2.75, 3.05) is 47.5 Å². The Kier molecular flexibility index (Phi) is 73.7. The van der Waals surface area contributed by atoms with Crippen molar-refractivity contribution >= 4 is 17.9 Å². The number of carbonyl (C=O) groups is 3. The van der Waals surface area contributed by atoms with E-state index in [2.05, 4.69) is 196 Å². The molecule has 0 saturated heterocycles. The van der Waals surface area contributed by atoms with Crippen molar-refractivity contribution in [2.24, 2.45) is 0 Å². The van der Waals surface area contributed by atoms with E-state index in [9.17, 15) is 19.5 Å². The van der Waals surface area contributed by atoms with Crippen LogP contribution in [0.5, 0.6) is 0 Å². The van der Waals surface area contributed by atoms with Crippen LogP contribution in [-0.4, -0.2) is 82.3 Å². The third-order valence-electron chi connectivity index (χ3n) is 16.6. The highest BCUT2D eigenvalue weighted by atomic mass is 16.7. The zero-order valence-corrected chi connectivity index (χ0v) is 64.0. The molecule has 0 N–H and O–H groups in total. The van der Waals surface area contributed by atoms with Crippen LogP contribution in [-0.2, 0) is 33.3 Å². The molecular weight excluding hydrogens is 1220 g/mol. The van der Waals surface area contributed by atoms with Gasteiger partial charge >= 0.3 is 11.9 Å². The third-order valence-corrected chi connectivity index (χ3v) is 16.6. The number of quaternary nitrogens is 1. The van der Waals surface area contributed by atoms with E-state index in [0.717, 1.165) is 135 Å². The number of hydrogen-bond donors (Lipinski definition) is 0. The van der Waals surface area contributed by atoms with Gasteiger partial charge in [0, 0.05) is 12.8 Å². The van der Waals surface area contributed by atoms with E-state index in [1.165, 1.54) is 141 Å². The second kappa shape index (κ2) is 78.1. The first kappa shape index (κ1) is 93.4. The van der Waals surface area contributed by atoms with Gasteiger partial charge in [-0.3, -0.25) is 9.59 Å². The maximum Gasteiger partial charge on any atom is 0.306 e. The summed E-state index contributed by atoms with van der Waals surface area (Å²) in [4.78, 5) is 37.6. The molecule has 0 aliphatic rings. The molecule has 0 aliphatic heterocycles. The first-order valence-corrected chi connectivity index (χ1v) is 39.9. The molecule has 0 rings (SSSR count). The number of carboxylic acid groups (broad SMARTS) is 1. The van der Waals surface area contributed by atoms with E-state index in [4.69, 9.17) is 18.9 Å². The summed E-state index contributed by atoms with van der Waals surface area (Å²) in [5.41, 5.74) is 0. The SMILES string of the molecule is CC/C=C\C/C=C\C/C=C\C/C=C\C/C=C\C/C=C\C/C=C\C/C=C\C/C=C\C/C=C\C/C=C\CCCCCC(=O)OC(COC(=O)CCCCCCCCCCCCCCCCCCCCCCCCCC/C=C\C/C=C\C/C=C\C/C=C\CC)COC(OCC[N+](C)(C)C)C(=O)[O-]. The minimum absolute atomic E-state index is 0.133. The van der Waals surface area contributed by atoms with E-state index >= 15 is 0 Å². The van der Waals surface area contributed by atoms with Gasteiger partial charge in [-0.1, -0.05) is 344 Å². The van der Waals surface area contributed by atoms with Gasteiger partial charge in [-0.25, -0.2) is 0 Å². The minimum Gasteiger partial charge on any atom is -0.545 e. The fourth-order valence-corrected chi connectivity index (χ4v) is 10.7. The molecule has 2 unspecified atom stereocenters. The van der Waals surface area contributed by atoms with Gasteiger partial charge in [-0.05, 0) is 135 Å². The average molecular weight is 1370 g/mol. The molecule has 2 atom stereocenters. The third kappa shape index (κ3) is 79.6. The number of nitrogens with zero attached hydrogens (tertiary/aromatic N) is 1. The molecule has 0 spiro atoms. The maximum atomic E-state index is 13.0. The Balaban J connectivity index is 4.13. The van der Waals surface area contributed by atoms with Crippen molar-refractivity contribution in [3.63, 3.8) is 0 Å². The van der Waals surface area contributed by atoms with Crippen molar-refractivity contribution in [3.8, 4) is 0 Å². The molecular formula is C90H147NO8. The molecule has 0 radical (unpaired) electrons. The lowest BCUT2D eigenvalue weighted by Crippen LogP contribution is -2.44. The fourth-order valence-electron chi connectivity index (χ4n) is 10.7. The van der Waals surface area contributed by atoms with E-state index < -0.39 is 24.3 Å². The number of carbonyl (C=O) groups excluding carboxylic acids is 3. The van der Waals surface area contributed by atoms with E-state index in [-0.39, 0.29) is 38.6 Å². The topological polar surface area (TPSA) is 111 Å². The Hall–Kier alpha value is -5.61. The summed E-state index contributed by atoms with van der Waals surface area (Å²) >= 11 is 0. The Morgan fingerprint density at radius 2 is 0.545 bits per heavy atom. The van der Waals surface area contributed by atoms with Crippen molar-refractivity contribution in [2.45, 2.75) is 322 Å². The number of aliphatic carboxylic acids is 1. The fraction of sp³-hybridized carbons (Fsp3) is 0.633. The Morgan fingerprint density at radius 3 is 0.818 bits per heavy atom. The van der Waals surface area contributed by atoms with Crippen molar-refractivity contribution in [1.82, 2.24) is 0 Å². The first-order chi connectivity index (χ1) is 48.6. The highest BCUT2D eigenvalue weighted by Crippen LogP contribution is 2.18. The number of carboxylic acids is 1. The van der Waals surface area contributed by atoms with Gasteiger partial charge in [0.15, 0.2) is 12.4 Å². The number of unbranched alkanes of at least 4 members (excludes halogenated alkanes) is 27. The second-order valence-electron chi connectivity index (χ2n) is 27.2. The lowest BCUT2D eigenvalue weighted by Gasteiger charge is -2.26. The lowest BCUT2D eigenvalue weighted by molar-refractivity contribution is -0.870. The van der Waals surface area contributed by atoms with E-state index in [1.54, 1.807) is 0 Å².